The van der Waals surface area contributed by atoms with Crippen LogP contribution in [0.3, 0.4) is 0 Å². The van der Waals surface area contributed by atoms with E-state index in [-0.39, 0.29) is 43.6 Å². The van der Waals surface area contributed by atoms with Crippen LogP contribution in [0.15, 0.2) is 53.4 Å². The summed E-state index contributed by atoms with van der Waals surface area (Å²) in [6, 6.07) is 9.78. The van der Waals surface area contributed by atoms with Crippen molar-refractivity contribution in [1.29, 1.82) is 0 Å². The zero-order chi connectivity index (χ0) is 24.0. The molecule has 0 aliphatic carbocycles. The molecule has 2 amide bonds. The van der Waals surface area contributed by atoms with E-state index in [2.05, 4.69) is 0 Å². The molecule has 0 aromatic heterocycles. The van der Waals surface area contributed by atoms with Gasteiger partial charge in [-0.1, -0.05) is 12.1 Å². The van der Waals surface area contributed by atoms with Crippen molar-refractivity contribution in [3.8, 4) is 11.5 Å². The number of methoxy groups -OCH3 is 1. The van der Waals surface area contributed by atoms with Gasteiger partial charge in [0.15, 0.2) is 18.1 Å². The van der Waals surface area contributed by atoms with Gasteiger partial charge in [0.05, 0.1) is 12.0 Å². The first-order chi connectivity index (χ1) is 15.7. The van der Waals surface area contributed by atoms with E-state index in [0.717, 1.165) is 6.07 Å². The lowest BCUT2D eigenvalue weighted by Crippen LogP contribution is -2.50. The molecule has 2 N–H and O–H groups in total. The third-order valence-electron chi connectivity index (χ3n) is 4.96. The van der Waals surface area contributed by atoms with Crippen molar-refractivity contribution in [2.45, 2.75) is 4.90 Å². The average molecular weight is 478 g/mol. The number of nitrogens with zero attached hydrogens (tertiary/aromatic N) is 2. The fourth-order valence-electron chi connectivity index (χ4n) is 3.25. The zero-order valence-electron chi connectivity index (χ0n) is 17.9. The number of ether oxygens (including phenoxy) is 2. The number of primary amides is 1. The highest BCUT2D eigenvalue weighted by atomic mass is 32.2. The number of amides is 2. The van der Waals surface area contributed by atoms with Gasteiger partial charge < -0.3 is 20.1 Å². The van der Waals surface area contributed by atoms with E-state index in [1.807, 2.05) is 0 Å². The van der Waals surface area contributed by atoms with E-state index in [1.165, 1.54) is 40.6 Å². The Hall–Kier alpha value is -3.44. The van der Waals surface area contributed by atoms with E-state index >= 15 is 0 Å². The molecule has 1 saturated heterocycles. The van der Waals surface area contributed by atoms with Crippen LogP contribution in [0.1, 0.15) is 5.56 Å². The molecule has 9 nitrogen and oxygen atoms in total. The lowest BCUT2D eigenvalue weighted by Gasteiger charge is -2.33. The fraction of sp³-hybridized carbons (Fsp3) is 0.273. The number of carbonyl (C=O) groups excluding carboxylic acids is 2. The molecule has 176 valence electrons. The molecular weight excluding hydrogens is 453 g/mol. The smallest absolute Gasteiger partial charge is 0.255 e. The highest BCUT2D eigenvalue weighted by Crippen LogP contribution is 2.28. The molecule has 0 bridgehead atoms. The van der Waals surface area contributed by atoms with Gasteiger partial charge in [-0.15, -0.1) is 0 Å². The number of halogens is 1. The van der Waals surface area contributed by atoms with Crippen LogP contribution in [-0.2, 0) is 19.6 Å². The van der Waals surface area contributed by atoms with Gasteiger partial charge in [0.25, 0.3) is 5.91 Å². The number of rotatable bonds is 8. The van der Waals surface area contributed by atoms with Gasteiger partial charge in [0, 0.05) is 32.3 Å². The minimum Gasteiger partial charge on any atom is -0.493 e. The maximum Gasteiger partial charge on any atom is 0.255 e. The quantitative estimate of drug-likeness (QED) is 0.572. The number of carbonyl (C=O) groups is 2. The van der Waals surface area contributed by atoms with Crippen molar-refractivity contribution >= 4 is 27.9 Å². The third kappa shape index (κ3) is 6.08. The lowest BCUT2D eigenvalue weighted by molar-refractivity contribution is -0.127. The van der Waals surface area contributed by atoms with Gasteiger partial charge in [-0.3, -0.25) is 9.59 Å². The summed E-state index contributed by atoms with van der Waals surface area (Å²) < 4.78 is 50.6. The number of hydrogen-bond acceptors (Lipinski definition) is 6. The predicted octanol–water partition coefficient (Wildman–Crippen LogP) is 1.24. The van der Waals surface area contributed by atoms with Crippen molar-refractivity contribution in [3.63, 3.8) is 0 Å². The Kier molecular flexibility index (Phi) is 7.67. The van der Waals surface area contributed by atoms with E-state index in [1.54, 1.807) is 24.3 Å². The van der Waals surface area contributed by atoms with Gasteiger partial charge in [-0.2, -0.15) is 4.31 Å². The molecule has 1 fully saturated rings. The summed E-state index contributed by atoms with van der Waals surface area (Å²) in [4.78, 5) is 24.9. The third-order valence-corrected chi connectivity index (χ3v) is 6.85. The Bertz CT molecular complexity index is 1160. The minimum atomic E-state index is -3.83. The summed E-state index contributed by atoms with van der Waals surface area (Å²) >= 11 is 0. The van der Waals surface area contributed by atoms with Crippen molar-refractivity contribution in [2.24, 2.45) is 5.73 Å². The molecule has 3 rings (SSSR count). The fourth-order valence-corrected chi connectivity index (χ4v) is 4.71. The van der Waals surface area contributed by atoms with E-state index in [4.69, 9.17) is 15.2 Å². The summed E-state index contributed by atoms with van der Waals surface area (Å²) in [5.41, 5.74) is 5.74. The van der Waals surface area contributed by atoms with Crippen LogP contribution in [0, 0.1) is 5.82 Å². The van der Waals surface area contributed by atoms with Crippen LogP contribution in [0.4, 0.5) is 4.39 Å². The Morgan fingerprint density at radius 2 is 1.82 bits per heavy atom. The molecule has 0 spiro atoms. The number of nitrogens with two attached hydrogens (primary N) is 1. The molecule has 11 heteroatoms. The Labute approximate surface area is 191 Å². The highest BCUT2D eigenvalue weighted by Gasteiger charge is 2.29. The number of hydrogen-bond donors (Lipinski definition) is 1. The maximum absolute atomic E-state index is 13.4. The first-order valence-corrected chi connectivity index (χ1v) is 11.5. The van der Waals surface area contributed by atoms with Crippen LogP contribution >= 0.6 is 0 Å². The molecule has 2 aromatic carbocycles. The lowest BCUT2D eigenvalue weighted by atomic mass is 10.2. The monoisotopic (exact) mass is 477 g/mol. The minimum absolute atomic E-state index is 0.109. The van der Waals surface area contributed by atoms with Crippen molar-refractivity contribution in [2.75, 3.05) is 39.9 Å². The molecule has 33 heavy (non-hydrogen) atoms. The van der Waals surface area contributed by atoms with Gasteiger partial charge in [-0.05, 0) is 42.0 Å². The maximum atomic E-state index is 13.4. The van der Waals surface area contributed by atoms with Crippen LogP contribution in [-0.4, -0.2) is 69.3 Å². The molecule has 2 aromatic rings. The standard InChI is InChI=1S/C22H24FN3O6S/c1-31-20-13-16(5-7-19(20)32-15-21(24)27)6-8-22(28)25-9-11-26(12-10-25)33(29,30)18-4-2-3-17(23)14-18/h2-8,13-14H,9-12,15H2,1H3,(H2,24,27). The second kappa shape index (κ2) is 10.5. The van der Waals surface area contributed by atoms with E-state index in [9.17, 15) is 22.4 Å². The van der Waals surface area contributed by atoms with E-state index < -0.39 is 21.7 Å². The number of benzene rings is 2. The summed E-state index contributed by atoms with van der Waals surface area (Å²) in [5, 5.41) is 0. The topological polar surface area (TPSA) is 119 Å². The summed E-state index contributed by atoms with van der Waals surface area (Å²) in [5.74, 6) is -0.794. The Morgan fingerprint density at radius 1 is 1.09 bits per heavy atom. The van der Waals surface area contributed by atoms with Crippen LogP contribution < -0.4 is 15.2 Å². The second-order valence-electron chi connectivity index (χ2n) is 7.19. The van der Waals surface area contributed by atoms with E-state index in [0.29, 0.717) is 17.1 Å². The summed E-state index contributed by atoms with van der Waals surface area (Å²) in [6.07, 6.45) is 2.98. The Morgan fingerprint density at radius 3 is 2.45 bits per heavy atom. The van der Waals surface area contributed by atoms with Crippen LogP contribution in [0.5, 0.6) is 11.5 Å². The largest absolute Gasteiger partial charge is 0.493 e. The molecule has 0 unspecified atom stereocenters. The normalized spacial score (nSPS) is 14.9. The second-order valence-corrected chi connectivity index (χ2v) is 9.12. The number of piperazine rings is 1. The average Bonchev–Trinajstić information content (AvgIpc) is 2.81. The summed E-state index contributed by atoms with van der Waals surface area (Å²) in [6.45, 7) is 0.350. The number of sulfonamides is 1. The molecule has 0 radical (unpaired) electrons. The SMILES string of the molecule is COc1cc(C=CC(=O)N2CCN(S(=O)(=O)c3cccc(F)c3)CC2)ccc1OCC(N)=O. The van der Waals surface area contributed by atoms with Crippen LogP contribution in [0.25, 0.3) is 6.08 Å². The van der Waals surface area contributed by atoms with Gasteiger partial charge in [-0.25, -0.2) is 12.8 Å². The van der Waals surface area contributed by atoms with Crippen molar-refractivity contribution in [3.05, 3.63) is 59.9 Å². The first kappa shape index (κ1) is 24.2. The molecule has 0 atom stereocenters. The Balaban J connectivity index is 1.60. The van der Waals surface area contributed by atoms with Gasteiger partial charge in [0.2, 0.25) is 15.9 Å². The van der Waals surface area contributed by atoms with Gasteiger partial charge >= 0.3 is 0 Å². The molecule has 1 aliphatic rings. The van der Waals surface area contributed by atoms with Crippen LogP contribution in [0.2, 0.25) is 0 Å². The predicted molar refractivity (Wildman–Crippen MR) is 118 cm³/mol. The van der Waals surface area contributed by atoms with Gasteiger partial charge in [0.1, 0.15) is 5.82 Å². The van der Waals surface area contributed by atoms with Crippen molar-refractivity contribution in [1.82, 2.24) is 9.21 Å². The zero-order valence-corrected chi connectivity index (χ0v) is 18.8. The summed E-state index contributed by atoms with van der Waals surface area (Å²) in [7, 11) is -2.38. The molecule has 0 saturated carbocycles. The molecule has 1 heterocycles. The van der Waals surface area contributed by atoms with Crippen molar-refractivity contribution < 1.29 is 31.9 Å². The molecular formula is C22H24FN3O6S. The highest BCUT2D eigenvalue weighted by molar-refractivity contribution is 7.89. The first-order valence-electron chi connectivity index (χ1n) is 10.0. The molecule has 1 aliphatic heterocycles.